The predicted octanol–water partition coefficient (Wildman–Crippen LogP) is 3.21. The van der Waals surface area contributed by atoms with Crippen LogP contribution >= 0.6 is 7.59 Å². The van der Waals surface area contributed by atoms with Gasteiger partial charge in [-0.25, -0.2) is 9.34 Å². The lowest BCUT2D eigenvalue weighted by molar-refractivity contribution is 0.400. The molecule has 0 amide bonds. The topological polar surface area (TPSA) is 26.8 Å². The highest BCUT2D eigenvalue weighted by molar-refractivity contribution is 7.56. The number of hydrogen-bond acceptors (Lipinski definition) is 1. The minimum Gasteiger partial charge on any atom is -0.302 e. The number of allylic oxidation sites excluding steroid dienone is 1. The molecule has 19 heavy (non-hydrogen) atoms. The van der Waals surface area contributed by atoms with E-state index in [9.17, 15) is 4.57 Å². The quantitative estimate of drug-likeness (QED) is 0.774. The van der Waals surface area contributed by atoms with Gasteiger partial charge in [0.15, 0.2) is 0 Å². The second-order valence-electron chi connectivity index (χ2n) is 4.77. The molecule has 0 saturated carbocycles. The van der Waals surface area contributed by atoms with Crippen LogP contribution in [-0.2, 0) is 4.57 Å². The van der Waals surface area contributed by atoms with Gasteiger partial charge in [-0.05, 0) is 40.7 Å². The van der Waals surface area contributed by atoms with E-state index in [1.54, 1.807) is 9.34 Å². The Morgan fingerprint density at radius 3 is 1.84 bits per heavy atom. The van der Waals surface area contributed by atoms with Crippen LogP contribution in [0.25, 0.3) is 5.70 Å². The molecule has 1 aromatic rings. The molecule has 5 heteroatoms. The minimum atomic E-state index is -2.76. The fourth-order valence-corrected chi connectivity index (χ4v) is 4.48. The lowest BCUT2D eigenvalue weighted by Crippen LogP contribution is -2.31. The van der Waals surface area contributed by atoms with E-state index in [-0.39, 0.29) is 0 Å². The molecule has 106 valence electrons. The Morgan fingerprint density at radius 2 is 1.47 bits per heavy atom. The Hall–Kier alpha value is -1.09. The van der Waals surface area contributed by atoms with E-state index in [4.69, 9.17) is 0 Å². The summed E-state index contributed by atoms with van der Waals surface area (Å²) in [7, 11) is 6.49. The van der Waals surface area contributed by atoms with E-state index in [0.29, 0.717) is 0 Å². The van der Waals surface area contributed by atoms with Crippen LogP contribution in [0.2, 0.25) is 0 Å². The molecule has 0 aliphatic heterocycles. The van der Waals surface area contributed by atoms with Crippen LogP contribution in [0.5, 0.6) is 0 Å². The Bertz CT molecular complexity index is 471. The van der Waals surface area contributed by atoms with Crippen molar-refractivity contribution in [3.05, 3.63) is 42.0 Å². The van der Waals surface area contributed by atoms with Crippen molar-refractivity contribution in [2.75, 3.05) is 35.2 Å². The van der Waals surface area contributed by atoms with Crippen LogP contribution in [0.15, 0.2) is 36.4 Å². The Balaban J connectivity index is 3.23. The minimum absolute atomic E-state index is 0.964. The third-order valence-electron chi connectivity index (χ3n) is 3.12. The lowest BCUT2D eigenvalue weighted by atomic mass is 10.1. The van der Waals surface area contributed by atoms with Gasteiger partial charge < -0.3 is 4.67 Å². The van der Waals surface area contributed by atoms with Crippen LogP contribution in [-0.4, -0.2) is 49.2 Å². The normalized spacial score (nSPS) is 13.2. The van der Waals surface area contributed by atoms with Crippen molar-refractivity contribution < 1.29 is 4.57 Å². The summed E-state index contributed by atoms with van der Waals surface area (Å²) in [6.07, 6.45) is 2.00. The number of hydrogen-bond donors (Lipinski definition) is 0. The van der Waals surface area contributed by atoms with E-state index < -0.39 is 7.59 Å². The van der Waals surface area contributed by atoms with Crippen LogP contribution in [0, 0.1) is 0 Å². The lowest BCUT2D eigenvalue weighted by Gasteiger charge is -2.39. The first-order valence-electron chi connectivity index (χ1n) is 6.27. The fourth-order valence-electron chi connectivity index (χ4n) is 2.18. The molecule has 0 saturated heterocycles. The van der Waals surface area contributed by atoms with E-state index in [1.165, 1.54) is 0 Å². The van der Waals surface area contributed by atoms with E-state index >= 15 is 0 Å². The summed E-state index contributed by atoms with van der Waals surface area (Å²) >= 11 is 0. The predicted molar refractivity (Wildman–Crippen MR) is 82.8 cm³/mol. The maximum absolute atomic E-state index is 13.2. The van der Waals surface area contributed by atoms with Crippen LogP contribution in [0.1, 0.15) is 12.5 Å². The third kappa shape index (κ3) is 3.08. The molecule has 0 aliphatic carbocycles. The molecule has 0 N–H and O–H groups in total. The highest BCUT2D eigenvalue weighted by atomic mass is 31.2. The maximum atomic E-state index is 13.2. The summed E-state index contributed by atoms with van der Waals surface area (Å²) < 4.78 is 18.6. The van der Waals surface area contributed by atoms with Crippen LogP contribution in [0.4, 0.5) is 0 Å². The first-order valence-corrected chi connectivity index (χ1v) is 7.83. The monoisotopic (exact) mass is 281 g/mol. The number of benzene rings is 1. The summed E-state index contributed by atoms with van der Waals surface area (Å²) in [6, 6.07) is 10.0. The van der Waals surface area contributed by atoms with Gasteiger partial charge in [-0.3, -0.25) is 4.57 Å². The summed E-state index contributed by atoms with van der Waals surface area (Å²) in [4.78, 5) is 0. The summed E-state index contributed by atoms with van der Waals surface area (Å²) in [5.41, 5.74) is 2.03. The second-order valence-corrected chi connectivity index (χ2v) is 8.00. The fraction of sp³-hybridized carbons (Fsp3) is 0.429. The Labute approximate surface area is 116 Å². The van der Waals surface area contributed by atoms with Gasteiger partial charge >= 0.3 is 7.59 Å². The molecule has 1 aromatic carbocycles. The number of rotatable bonds is 5. The third-order valence-corrected chi connectivity index (χ3v) is 6.21. The van der Waals surface area contributed by atoms with E-state index in [0.717, 1.165) is 11.3 Å². The van der Waals surface area contributed by atoms with Gasteiger partial charge in [0.1, 0.15) is 0 Å². The largest absolute Gasteiger partial charge is 0.309 e. The SMILES string of the molecule is C/C=C(/c1ccccc1)N(C)P(=O)(N(C)C)N(C)C. The molecule has 1 rings (SSSR count). The first kappa shape index (κ1) is 16.0. The second kappa shape index (κ2) is 6.38. The average Bonchev–Trinajstić information content (AvgIpc) is 2.39. The van der Waals surface area contributed by atoms with Crippen molar-refractivity contribution in [1.82, 2.24) is 14.0 Å². The molecule has 0 bridgehead atoms. The molecular weight excluding hydrogens is 257 g/mol. The van der Waals surface area contributed by atoms with Crippen molar-refractivity contribution in [2.45, 2.75) is 6.92 Å². The van der Waals surface area contributed by atoms with Crippen molar-refractivity contribution in [1.29, 1.82) is 0 Å². The highest BCUT2D eigenvalue weighted by Gasteiger charge is 2.34. The zero-order valence-electron chi connectivity index (χ0n) is 12.7. The maximum Gasteiger partial charge on any atom is 0.309 e. The zero-order valence-corrected chi connectivity index (χ0v) is 13.6. The van der Waals surface area contributed by atoms with E-state index in [1.807, 2.05) is 83.2 Å². The zero-order chi connectivity index (χ0) is 14.6. The van der Waals surface area contributed by atoms with Gasteiger partial charge in [0.2, 0.25) is 0 Å². The van der Waals surface area contributed by atoms with Gasteiger partial charge in [-0.15, -0.1) is 0 Å². The van der Waals surface area contributed by atoms with Gasteiger partial charge in [0.25, 0.3) is 0 Å². The van der Waals surface area contributed by atoms with Crippen molar-refractivity contribution in [3.8, 4) is 0 Å². The summed E-state index contributed by atoms with van der Waals surface area (Å²) in [5, 5.41) is 0. The van der Waals surface area contributed by atoms with Crippen LogP contribution in [0.3, 0.4) is 0 Å². The summed E-state index contributed by atoms with van der Waals surface area (Å²) in [5.74, 6) is 0. The molecule has 0 unspecified atom stereocenters. The Kier molecular flexibility index (Phi) is 5.36. The molecular formula is C14H24N3OP. The smallest absolute Gasteiger partial charge is 0.302 e. The van der Waals surface area contributed by atoms with Gasteiger partial charge in [-0.1, -0.05) is 36.4 Å². The molecule has 0 fully saturated rings. The van der Waals surface area contributed by atoms with Gasteiger partial charge in [-0.2, -0.15) is 0 Å². The van der Waals surface area contributed by atoms with Gasteiger partial charge in [0.05, 0.1) is 0 Å². The molecule has 0 spiro atoms. The number of nitrogens with zero attached hydrogens (tertiary/aromatic N) is 3. The average molecular weight is 281 g/mol. The van der Waals surface area contributed by atoms with Crippen molar-refractivity contribution in [2.24, 2.45) is 0 Å². The van der Waals surface area contributed by atoms with E-state index in [2.05, 4.69) is 0 Å². The highest BCUT2D eigenvalue weighted by Crippen LogP contribution is 2.55. The Morgan fingerprint density at radius 1 is 1.00 bits per heavy atom. The molecule has 0 radical (unpaired) electrons. The first-order chi connectivity index (χ1) is 8.85. The molecule has 0 atom stereocenters. The standard InChI is InChI=1S/C14H24N3OP/c1-7-14(13-11-9-8-10-12-13)17(6)19(18,15(2)3)16(4)5/h7-12H,1-6H3/b14-7-. The molecule has 0 aromatic heterocycles. The molecule has 0 heterocycles. The molecule has 4 nitrogen and oxygen atoms in total. The molecule has 0 aliphatic rings. The summed E-state index contributed by atoms with van der Waals surface area (Å²) in [6.45, 7) is 1.97. The van der Waals surface area contributed by atoms with Crippen molar-refractivity contribution in [3.63, 3.8) is 0 Å². The van der Waals surface area contributed by atoms with Crippen molar-refractivity contribution >= 4 is 13.3 Å². The van der Waals surface area contributed by atoms with Crippen LogP contribution < -0.4 is 0 Å². The van der Waals surface area contributed by atoms with Gasteiger partial charge in [0, 0.05) is 12.7 Å².